The summed E-state index contributed by atoms with van der Waals surface area (Å²) in [6.45, 7) is 5.65. The summed E-state index contributed by atoms with van der Waals surface area (Å²) in [4.78, 5) is 15.4. The van der Waals surface area contributed by atoms with Crippen molar-refractivity contribution in [2.24, 2.45) is 5.73 Å². The van der Waals surface area contributed by atoms with Gasteiger partial charge < -0.3 is 39.7 Å². The maximum Gasteiger partial charge on any atom is 0.267 e. The Morgan fingerprint density at radius 3 is 2.17 bits per heavy atom. The highest BCUT2D eigenvalue weighted by molar-refractivity contribution is 5.99. The molecule has 47 heavy (non-hydrogen) atoms. The van der Waals surface area contributed by atoms with E-state index in [0.29, 0.717) is 83.7 Å². The number of nitrogens with one attached hydrogen (secondary N) is 1. The summed E-state index contributed by atoms with van der Waals surface area (Å²) in [6.07, 6.45) is 1.54. The molecule has 10 nitrogen and oxygen atoms in total. The van der Waals surface area contributed by atoms with Crippen molar-refractivity contribution in [2.75, 3.05) is 66.3 Å². The van der Waals surface area contributed by atoms with E-state index in [0.717, 1.165) is 29.3 Å². The van der Waals surface area contributed by atoms with Gasteiger partial charge in [0.25, 0.3) is 5.91 Å². The molecule has 4 N–H and O–H groups in total. The topological polar surface area (TPSA) is 120 Å². The lowest BCUT2D eigenvalue weighted by Gasteiger charge is -2.25. The predicted octanol–water partition coefficient (Wildman–Crippen LogP) is 4.23. The van der Waals surface area contributed by atoms with Gasteiger partial charge in [-0.05, 0) is 68.2 Å². The summed E-state index contributed by atoms with van der Waals surface area (Å²) >= 11 is 0. The number of nitrogens with zero attached hydrogens (tertiary/aromatic N) is 2. The van der Waals surface area contributed by atoms with Crippen LogP contribution in [-0.2, 0) is 33.8 Å². The minimum absolute atomic E-state index is 0.204. The van der Waals surface area contributed by atoms with Crippen molar-refractivity contribution in [3.05, 3.63) is 102 Å². The second kappa shape index (κ2) is 20.5. The average molecular weight is 647 g/mol. The number of aromatic nitrogens is 1. The van der Waals surface area contributed by atoms with Gasteiger partial charge in [-0.3, -0.25) is 9.69 Å². The molecule has 1 atom stereocenters. The Hall–Kier alpha value is -3.77. The fourth-order valence-electron chi connectivity index (χ4n) is 5.06. The standard InChI is InChI=1S/C37H50N4O6/c1-40(19-16-30-10-4-2-5-11-30)36(42)28-41-34-15-14-33(47-29-31-12-6-3-7-13-31)26-32(34)27-35(41)37(43)39-18-9-21-45-23-25-46-24-22-44-20-8-17-38/h2-7,10-15,26-27,36,42H,8-9,16-25,28-29,38H2,1H3,(H,39,43). The molecule has 254 valence electrons. The van der Waals surface area contributed by atoms with E-state index in [9.17, 15) is 9.90 Å². The molecule has 3 aromatic carbocycles. The molecule has 4 rings (SSSR count). The first-order chi connectivity index (χ1) is 23.0. The number of aliphatic hydroxyl groups excluding tert-OH is 1. The largest absolute Gasteiger partial charge is 0.489 e. The summed E-state index contributed by atoms with van der Waals surface area (Å²) in [7, 11) is 1.90. The molecule has 4 aromatic rings. The quantitative estimate of drug-likeness (QED) is 0.0810. The Kier molecular flexibility index (Phi) is 15.7. The number of ether oxygens (including phenoxy) is 4. The van der Waals surface area contributed by atoms with Crippen LogP contribution in [0.15, 0.2) is 84.9 Å². The van der Waals surface area contributed by atoms with Crippen LogP contribution in [-0.4, -0.2) is 93.0 Å². The monoisotopic (exact) mass is 646 g/mol. The zero-order valence-corrected chi connectivity index (χ0v) is 27.5. The molecule has 0 aliphatic carbocycles. The molecule has 0 aliphatic heterocycles. The predicted molar refractivity (Wildman–Crippen MR) is 185 cm³/mol. The highest BCUT2D eigenvalue weighted by Gasteiger charge is 2.20. The first-order valence-electron chi connectivity index (χ1n) is 16.5. The second-order valence-corrected chi connectivity index (χ2v) is 11.4. The van der Waals surface area contributed by atoms with Crippen molar-refractivity contribution in [3.8, 4) is 5.75 Å². The number of likely N-dealkylation sites (N-methyl/N-ethyl adjacent to an activating group) is 1. The first kappa shape index (κ1) is 36.1. The summed E-state index contributed by atoms with van der Waals surface area (Å²) in [6, 6.07) is 27.9. The second-order valence-electron chi connectivity index (χ2n) is 11.4. The maximum atomic E-state index is 13.5. The van der Waals surface area contributed by atoms with Crippen molar-refractivity contribution < 1.29 is 28.8 Å². The number of rotatable bonds is 23. The fraction of sp³-hybridized carbons (Fsp3) is 0.432. The van der Waals surface area contributed by atoms with Gasteiger partial charge in [-0.1, -0.05) is 60.7 Å². The third-order valence-corrected chi connectivity index (χ3v) is 7.79. The van der Waals surface area contributed by atoms with E-state index in [1.54, 1.807) is 0 Å². The summed E-state index contributed by atoms with van der Waals surface area (Å²) < 4.78 is 24.5. The highest BCUT2D eigenvalue weighted by Crippen LogP contribution is 2.26. The van der Waals surface area contributed by atoms with Gasteiger partial charge in [-0.25, -0.2) is 0 Å². The van der Waals surface area contributed by atoms with Crippen LogP contribution in [0.5, 0.6) is 5.75 Å². The van der Waals surface area contributed by atoms with E-state index in [2.05, 4.69) is 17.4 Å². The van der Waals surface area contributed by atoms with Gasteiger partial charge >= 0.3 is 0 Å². The van der Waals surface area contributed by atoms with Crippen molar-refractivity contribution in [1.29, 1.82) is 0 Å². The molecule has 1 unspecified atom stereocenters. The molecule has 0 fully saturated rings. The fourth-order valence-corrected chi connectivity index (χ4v) is 5.06. The molecule has 1 amide bonds. The number of carbonyl (C=O) groups excluding carboxylic acids is 1. The lowest BCUT2D eigenvalue weighted by molar-refractivity contribution is 0.0101. The molecule has 1 aromatic heterocycles. The van der Waals surface area contributed by atoms with Gasteiger partial charge in [0.05, 0.1) is 33.0 Å². The van der Waals surface area contributed by atoms with Gasteiger partial charge in [0, 0.05) is 37.2 Å². The molecule has 0 saturated carbocycles. The number of benzene rings is 3. The van der Waals surface area contributed by atoms with E-state index < -0.39 is 6.23 Å². The minimum Gasteiger partial charge on any atom is -0.489 e. The van der Waals surface area contributed by atoms with Crippen LogP contribution in [0.4, 0.5) is 0 Å². The van der Waals surface area contributed by atoms with Crippen LogP contribution in [0.1, 0.15) is 34.5 Å². The SMILES string of the molecule is CN(CCc1ccccc1)C(O)Cn1c(C(=O)NCCCOCCOCCOCCCN)cc2cc(OCc3ccccc3)ccc21. The van der Waals surface area contributed by atoms with Gasteiger partial charge in [0.1, 0.15) is 24.3 Å². The zero-order valence-electron chi connectivity index (χ0n) is 27.5. The number of aliphatic hydroxyl groups is 1. The Labute approximate surface area is 278 Å². The number of fused-ring (bicyclic) bond motifs is 1. The van der Waals surface area contributed by atoms with Crippen LogP contribution in [0.2, 0.25) is 0 Å². The van der Waals surface area contributed by atoms with Crippen molar-refractivity contribution in [2.45, 2.75) is 38.6 Å². The Balaban J connectivity index is 1.32. The number of carbonyl (C=O) groups is 1. The highest BCUT2D eigenvalue weighted by atomic mass is 16.5. The van der Waals surface area contributed by atoms with E-state index in [-0.39, 0.29) is 12.5 Å². The summed E-state index contributed by atoms with van der Waals surface area (Å²) in [5.74, 6) is 0.510. The molecule has 1 heterocycles. The van der Waals surface area contributed by atoms with Crippen LogP contribution < -0.4 is 15.8 Å². The molecule has 0 saturated heterocycles. The third kappa shape index (κ3) is 12.4. The van der Waals surface area contributed by atoms with Crippen LogP contribution in [0.3, 0.4) is 0 Å². The van der Waals surface area contributed by atoms with E-state index in [1.165, 1.54) is 5.56 Å². The van der Waals surface area contributed by atoms with Crippen molar-refractivity contribution in [1.82, 2.24) is 14.8 Å². The van der Waals surface area contributed by atoms with Gasteiger partial charge in [-0.2, -0.15) is 0 Å². The first-order valence-corrected chi connectivity index (χ1v) is 16.5. The minimum atomic E-state index is -0.789. The number of hydrogen-bond acceptors (Lipinski definition) is 8. The van der Waals surface area contributed by atoms with E-state index >= 15 is 0 Å². The number of nitrogens with two attached hydrogens (primary N) is 1. The third-order valence-electron chi connectivity index (χ3n) is 7.79. The van der Waals surface area contributed by atoms with Crippen molar-refractivity contribution in [3.63, 3.8) is 0 Å². The molecule has 0 radical (unpaired) electrons. The average Bonchev–Trinajstić information content (AvgIpc) is 3.46. The van der Waals surface area contributed by atoms with E-state index in [4.69, 9.17) is 24.7 Å². The lowest BCUT2D eigenvalue weighted by Crippen LogP contribution is -2.37. The Morgan fingerprint density at radius 2 is 1.49 bits per heavy atom. The van der Waals surface area contributed by atoms with Crippen LogP contribution in [0, 0.1) is 0 Å². The van der Waals surface area contributed by atoms with Gasteiger partial charge in [0.15, 0.2) is 0 Å². The van der Waals surface area contributed by atoms with Gasteiger partial charge in [-0.15, -0.1) is 0 Å². The lowest BCUT2D eigenvalue weighted by atomic mass is 10.1. The normalized spacial score (nSPS) is 12.1. The van der Waals surface area contributed by atoms with Crippen molar-refractivity contribution >= 4 is 16.8 Å². The van der Waals surface area contributed by atoms with Gasteiger partial charge in [0.2, 0.25) is 0 Å². The maximum absolute atomic E-state index is 13.5. The molecular weight excluding hydrogens is 596 g/mol. The molecule has 0 aliphatic rings. The summed E-state index contributed by atoms with van der Waals surface area (Å²) in [5.41, 5.74) is 9.07. The molecular formula is C37H50N4O6. The molecule has 10 heteroatoms. The molecule has 0 spiro atoms. The number of hydrogen-bond donors (Lipinski definition) is 3. The smallest absolute Gasteiger partial charge is 0.267 e. The number of amides is 1. The Morgan fingerprint density at radius 1 is 0.851 bits per heavy atom. The van der Waals surface area contributed by atoms with Crippen LogP contribution in [0.25, 0.3) is 10.9 Å². The van der Waals surface area contributed by atoms with E-state index in [1.807, 2.05) is 89.3 Å². The Bertz CT molecular complexity index is 1450. The molecule has 0 bridgehead atoms. The summed E-state index contributed by atoms with van der Waals surface area (Å²) in [5, 5.41) is 15.1. The van der Waals surface area contributed by atoms with Crippen LogP contribution >= 0.6 is 0 Å². The zero-order chi connectivity index (χ0) is 33.1.